The first kappa shape index (κ1) is 46.2. The number of nitrogens with zero attached hydrogens (tertiary/aromatic N) is 2. The van der Waals surface area contributed by atoms with E-state index >= 15 is 0 Å². The van der Waals surface area contributed by atoms with E-state index in [0.717, 1.165) is 122 Å². The molecule has 8 nitrogen and oxygen atoms in total. The first-order valence-electron chi connectivity index (χ1n) is 21.5. The molecule has 1 amide bonds. The molecule has 1 heterocycles. The number of carbonyl (C=O) groups is 3. The number of unbranched alkanes of at least 4 members (excludes halogenated alkanes) is 18. The summed E-state index contributed by atoms with van der Waals surface area (Å²) in [4.78, 5) is 40.8. The summed E-state index contributed by atoms with van der Waals surface area (Å²) < 4.78 is 16.4. The second-order valence-corrected chi connectivity index (χ2v) is 14.8. The van der Waals surface area contributed by atoms with E-state index in [1.54, 1.807) is 0 Å². The first-order chi connectivity index (χ1) is 24.5. The molecule has 1 fully saturated rings. The van der Waals surface area contributed by atoms with Crippen LogP contribution in [-0.4, -0.2) is 79.9 Å². The second-order valence-electron chi connectivity index (χ2n) is 14.8. The summed E-state index contributed by atoms with van der Waals surface area (Å²) >= 11 is 0. The van der Waals surface area contributed by atoms with Gasteiger partial charge in [0.1, 0.15) is 12.7 Å². The highest BCUT2D eigenvalue weighted by Crippen LogP contribution is 2.17. The van der Waals surface area contributed by atoms with Crippen LogP contribution in [0.3, 0.4) is 0 Å². The van der Waals surface area contributed by atoms with Crippen molar-refractivity contribution in [1.29, 1.82) is 0 Å². The van der Waals surface area contributed by atoms with Gasteiger partial charge in [-0.3, -0.25) is 9.59 Å². The zero-order valence-corrected chi connectivity index (χ0v) is 33.2. The topological polar surface area (TPSA) is 85.4 Å². The lowest BCUT2D eigenvalue weighted by molar-refractivity contribution is -0.150. The molecule has 0 spiro atoms. The number of hydrogen-bond donors (Lipinski definition) is 0. The van der Waals surface area contributed by atoms with E-state index in [4.69, 9.17) is 14.2 Å². The maximum Gasteiger partial charge on any atom is 0.409 e. The summed E-state index contributed by atoms with van der Waals surface area (Å²) in [7, 11) is 0. The molecule has 1 aliphatic rings. The van der Waals surface area contributed by atoms with Crippen molar-refractivity contribution in [1.82, 2.24) is 9.80 Å². The summed E-state index contributed by atoms with van der Waals surface area (Å²) in [6.45, 7) is 12.4. The smallest absolute Gasteiger partial charge is 0.409 e. The van der Waals surface area contributed by atoms with Gasteiger partial charge in [0.25, 0.3) is 0 Å². The molecule has 0 aromatic carbocycles. The van der Waals surface area contributed by atoms with Crippen LogP contribution in [0.15, 0.2) is 0 Å². The lowest BCUT2D eigenvalue weighted by atomic mass is 10.0. The Morgan fingerprint density at radius 1 is 0.620 bits per heavy atom. The molecule has 0 aromatic rings. The number of ether oxygens (including phenoxy) is 3. The minimum atomic E-state index is -0.175. The number of amides is 1. The first-order valence-corrected chi connectivity index (χ1v) is 21.5. The Morgan fingerprint density at radius 3 is 1.70 bits per heavy atom. The zero-order valence-electron chi connectivity index (χ0n) is 33.2. The number of cyclic esters (lactones) is 1. The van der Waals surface area contributed by atoms with Crippen LogP contribution in [0.2, 0.25) is 0 Å². The minimum Gasteiger partial charge on any atom is -0.466 e. The minimum absolute atomic E-state index is 0.00141. The molecule has 0 radical (unpaired) electrons. The number of esters is 2. The molecule has 294 valence electrons. The van der Waals surface area contributed by atoms with Crippen LogP contribution in [0.5, 0.6) is 0 Å². The van der Waals surface area contributed by atoms with Crippen LogP contribution in [-0.2, 0) is 23.8 Å². The summed E-state index contributed by atoms with van der Waals surface area (Å²) in [5.74, 6) is -0.0374. The quantitative estimate of drug-likeness (QED) is 0.0361. The van der Waals surface area contributed by atoms with Gasteiger partial charge in [0.05, 0.1) is 13.2 Å². The van der Waals surface area contributed by atoms with Crippen LogP contribution >= 0.6 is 0 Å². The van der Waals surface area contributed by atoms with E-state index in [2.05, 4.69) is 25.7 Å². The van der Waals surface area contributed by atoms with Gasteiger partial charge in [-0.25, -0.2) is 4.79 Å². The SMILES string of the molecule is CCCCCCCCOC(=O)CCCCCCCN(CCCCCCCC(=O)OC(CCCCC)CCCCCC)CCCN1CCOC1=O. The highest BCUT2D eigenvalue weighted by molar-refractivity contribution is 5.70. The van der Waals surface area contributed by atoms with Crippen LogP contribution in [0.1, 0.15) is 201 Å². The summed E-state index contributed by atoms with van der Waals surface area (Å²) in [6.07, 6.45) is 30.7. The van der Waals surface area contributed by atoms with Gasteiger partial charge in [-0.1, -0.05) is 124 Å². The van der Waals surface area contributed by atoms with E-state index in [1.165, 1.54) is 70.6 Å². The molecule has 0 bridgehead atoms. The highest BCUT2D eigenvalue weighted by atomic mass is 16.6. The molecule has 0 aliphatic carbocycles. The third-order valence-electron chi connectivity index (χ3n) is 10.0. The molecule has 1 atom stereocenters. The van der Waals surface area contributed by atoms with E-state index in [0.29, 0.717) is 32.6 Å². The Kier molecular flexibility index (Phi) is 31.7. The van der Waals surface area contributed by atoms with Crippen LogP contribution in [0, 0.1) is 0 Å². The largest absolute Gasteiger partial charge is 0.466 e. The maximum absolute atomic E-state index is 12.6. The van der Waals surface area contributed by atoms with Gasteiger partial charge in [0.2, 0.25) is 0 Å². The Bertz CT molecular complexity index is 809. The number of rotatable bonds is 37. The van der Waals surface area contributed by atoms with Gasteiger partial charge in [0.15, 0.2) is 0 Å². The van der Waals surface area contributed by atoms with Gasteiger partial charge >= 0.3 is 18.0 Å². The average molecular weight is 709 g/mol. The third kappa shape index (κ3) is 27.8. The Labute approximate surface area is 308 Å². The van der Waals surface area contributed by atoms with Crippen molar-refractivity contribution in [3.8, 4) is 0 Å². The molecule has 0 aromatic heterocycles. The van der Waals surface area contributed by atoms with E-state index in [9.17, 15) is 14.4 Å². The number of hydrogen-bond acceptors (Lipinski definition) is 7. The fourth-order valence-corrected chi connectivity index (χ4v) is 6.79. The van der Waals surface area contributed by atoms with Crippen LogP contribution in [0.25, 0.3) is 0 Å². The van der Waals surface area contributed by atoms with Crippen molar-refractivity contribution < 1.29 is 28.6 Å². The molecule has 1 saturated heterocycles. The summed E-state index contributed by atoms with van der Waals surface area (Å²) in [6, 6.07) is 0. The van der Waals surface area contributed by atoms with E-state index < -0.39 is 0 Å². The molecule has 1 unspecified atom stereocenters. The molecule has 50 heavy (non-hydrogen) atoms. The molecule has 1 aliphatic heterocycles. The van der Waals surface area contributed by atoms with E-state index in [-0.39, 0.29) is 24.1 Å². The average Bonchev–Trinajstić information content (AvgIpc) is 3.52. The molecule has 8 heteroatoms. The van der Waals surface area contributed by atoms with Crippen molar-refractivity contribution in [2.45, 2.75) is 207 Å². The predicted molar refractivity (Wildman–Crippen MR) is 206 cm³/mol. The molecular weight excluding hydrogens is 628 g/mol. The lowest BCUT2D eigenvalue weighted by Gasteiger charge is -2.23. The molecule has 0 N–H and O–H groups in total. The highest BCUT2D eigenvalue weighted by Gasteiger charge is 2.21. The second kappa shape index (κ2) is 34.3. The molecular formula is C42H80N2O6. The van der Waals surface area contributed by atoms with Crippen molar-refractivity contribution in [2.75, 3.05) is 45.9 Å². The fraction of sp³-hybridized carbons (Fsp3) is 0.929. The Balaban J connectivity index is 2.23. The lowest BCUT2D eigenvalue weighted by Crippen LogP contribution is -2.32. The van der Waals surface area contributed by atoms with Gasteiger partial charge in [0, 0.05) is 19.4 Å². The van der Waals surface area contributed by atoms with Crippen molar-refractivity contribution >= 4 is 18.0 Å². The monoisotopic (exact) mass is 709 g/mol. The predicted octanol–water partition coefficient (Wildman–Crippen LogP) is 11.2. The van der Waals surface area contributed by atoms with Crippen molar-refractivity contribution in [2.24, 2.45) is 0 Å². The van der Waals surface area contributed by atoms with Crippen molar-refractivity contribution in [3.63, 3.8) is 0 Å². The van der Waals surface area contributed by atoms with Gasteiger partial charge < -0.3 is 24.0 Å². The third-order valence-corrected chi connectivity index (χ3v) is 10.0. The molecule has 1 rings (SSSR count). The Hall–Kier alpha value is -1.83. The van der Waals surface area contributed by atoms with Gasteiger partial charge in [-0.15, -0.1) is 0 Å². The van der Waals surface area contributed by atoms with Crippen LogP contribution < -0.4 is 0 Å². The van der Waals surface area contributed by atoms with E-state index in [1.807, 2.05) is 4.90 Å². The maximum atomic E-state index is 12.6. The molecule has 0 saturated carbocycles. The normalized spacial score (nSPS) is 13.6. The summed E-state index contributed by atoms with van der Waals surface area (Å²) in [5, 5.41) is 0. The van der Waals surface area contributed by atoms with Gasteiger partial charge in [-0.05, 0) is 83.8 Å². The zero-order chi connectivity index (χ0) is 36.3. The number of carbonyl (C=O) groups excluding carboxylic acids is 3. The van der Waals surface area contributed by atoms with Crippen LogP contribution in [0.4, 0.5) is 4.79 Å². The van der Waals surface area contributed by atoms with Crippen molar-refractivity contribution in [3.05, 3.63) is 0 Å². The Morgan fingerprint density at radius 2 is 1.10 bits per heavy atom. The fourth-order valence-electron chi connectivity index (χ4n) is 6.79. The standard InChI is InChI=1S/C42H80N2O6/c1-4-7-10-12-19-26-37-48-40(45)30-22-15-13-17-24-32-43(34-27-35-44-36-38-49-42(44)47)33-25-18-14-16-23-31-41(46)50-39(28-20-9-6-3)29-21-11-8-5-2/h39H,4-38H2,1-3H3. The van der Waals surface area contributed by atoms with Gasteiger partial charge in [-0.2, -0.15) is 0 Å². The summed E-state index contributed by atoms with van der Waals surface area (Å²) in [5.41, 5.74) is 0.